The largest absolute Gasteiger partial charge is 0.383 e. The monoisotopic (exact) mass is 214 g/mol. The van der Waals surface area contributed by atoms with E-state index in [9.17, 15) is 0 Å². The van der Waals surface area contributed by atoms with Gasteiger partial charge >= 0.3 is 0 Å². The Balaban J connectivity index is 1.73. The second-order valence-corrected chi connectivity index (χ2v) is 4.43. The van der Waals surface area contributed by atoms with Gasteiger partial charge in [0.2, 0.25) is 0 Å². The zero-order valence-corrected chi connectivity index (χ0v) is 10.1. The molecular weight excluding hydrogens is 188 g/mol. The van der Waals surface area contributed by atoms with Crippen molar-refractivity contribution in [2.45, 2.75) is 32.1 Å². The Labute approximate surface area is 94.0 Å². The summed E-state index contributed by atoms with van der Waals surface area (Å²) in [6.45, 7) is 5.09. The molecule has 1 aliphatic rings. The lowest BCUT2D eigenvalue weighted by molar-refractivity contribution is 0.199. The first-order chi connectivity index (χ1) is 7.43. The SMILES string of the molecule is COCCNCCNCCC1CCCC1. The maximum atomic E-state index is 4.95. The van der Waals surface area contributed by atoms with Crippen molar-refractivity contribution in [1.29, 1.82) is 0 Å². The number of ether oxygens (including phenoxy) is 1. The second kappa shape index (κ2) is 9.13. The summed E-state index contributed by atoms with van der Waals surface area (Å²) in [6, 6.07) is 0. The van der Waals surface area contributed by atoms with Crippen LogP contribution in [0.4, 0.5) is 0 Å². The molecule has 0 spiro atoms. The average Bonchev–Trinajstić information content (AvgIpc) is 2.75. The van der Waals surface area contributed by atoms with Gasteiger partial charge in [-0.1, -0.05) is 25.7 Å². The highest BCUT2D eigenvalue weighted by Crippen LogP contribution is 2.26. The van der Waals surface area contributed by atoms with Crippen LogP contribution in [0, 0.1) is 5.92 Å². The third kappa shape index (κ3) is 6.88. The van der Waals surface area contributed by atoms with Crippen molar-refractivity contribution in [2.24, 2.45) is 5.92 Å². The summed E-state index contributed by atoms with van der Waals surface area (Å²) in [7, 11) is 1.74. The lowest BCUT2D eigenvalue weighted by atomic mass is 10.0. The quantitative estimate of drug-likeness (QED) is 0.569. The minimum Gasteiger partial charge on any atom is -0.383 e. The van der Waals surface area contributed by atoms with Crippen molar-refractivity contribution in [2.75, 3.05) is 39.9 Å². The van der Waals surface area contributed by atoms with E-state index in [1.165, 1.54) is 38.6 Å². The van der Waals surface area contributed by atoms with Crippen molar-refractivity contribution < 1.29 is 4.74 Å². The predicted molar refractivity (Wildman–Crippen MR) is 64.2 cm³/mol. The summed E-state index contributed by atoms with van der Waals surface area (Å²) in [5, 5.41) is 6.81. The molecule has 0 aliphatic heterocycles. The first-order valence-electron chi connectivity index (χ1n) is 6.34. The van der Waals surface area contributed by atoms with Crippen molar-refractivity contribution in [3.05, 3.63) is 0 Å². The molecule has 3 nitrogen and oxygen atoms in total. The average molecular weight is 214 g/mol. The highest BCUT2D eigenvalue weighted by atomic mass is 16.5. The summed E-state index contributed by atoms with van der Waals surface area (Å²) in [5.74, 6) is 1.01. The van der Waals surface area contributed by atoms with Crippen LogP contribution in [-0.2, 0) is 4.74 Å². The molecule has 0 heterocycles. The highest BCUT2D eigenvalue weighted by molar-refractivity contribution is 4.68. The third-order valence-electron chi connectivity index (χ3n) is 3.17. The smallest absolute Gasteiger partial charge is 0.0587 e. The van der Waals surface area contributed by atoms with Crippen molar-refractivity contribution in [3.8, 4) is 0 Å². The summed E-state index contributed by atoms with van der Waals surface area (Å²) in [6.07, 6.45) is 7.23. The van der Waals surface area contributed by atoms with E-state index < -0.39 is 0 Å². The standard InChI is InChI=1S/C12H26N2O/c1-15-11-10-14-9-8-13-7-6-12-4-2-3-5-12/h12-14H,2-11H2,1H3. The van der Waals surface area contributed by atoms with Crippen LogP contribution in [0.3, 0.4) is 0 Å². The van der Waals surface area contributed by atoms with Gasteiger partial charge in [-0.3, -0.25) is 0 Å². The maximum Gasteiger partial charge on any atom is 0.0587 e. The molecule has 0 amide bonds. The van der Waals surface area contributed by atoms with E-state index in [1.54, 1.807) is 7.11 Å². The molecule has 0 atom stereocenters. The molecule has 1 saturated carbocycles. The molecule has 1 rings (SSSR count). The minimum atomic E-state index is 0.808. The Kier molecular flexibility index (Phi) is 7.88. The Morgan fingerprint density at radius 1 is 1.00 bits per heavy atom. The van der Waals surface area contributed by atoms with Gasteiger partial charge in [0.1, 0.15) is 0 Å². The van der Waals surface area contributed by atoms with Crippen molar-refractivity contribution in [3.63, 3.8) is 0 Å². The molecule has 2 N–H and O–H groups in total. The number of rotatable bonds is 9. The lowest BCUT2D eigenvalue weighted by Crippen LogP contribution is -2.30. The van der Waals surface area contributed by atoms with Gasteiger partial charge in [0.15, 0.2) is 0 Å². The zero-order chi connectivity index (χ0) is 10.8. The molecule has 1 fully saturated rings. The van der Waals surface area contributed by atoms with Gasteiger partial charge in [0.05, 0.1) is 6.61 Å². The number of hydrogen-bond donors (Lipinski definition) is 2. The van der Waals surface area contributed by atoms with E-state index in [1.807, 2.05) is 0 Å². The van der Waals surface area contributed by atoms with E-state index >= 15 is 0 Å². The number of nitrogens with one attached hydrogen (secondary N) is 2. The topological polar surface area (TPSA) is 33.3 Å². The normalized spacial score (nSPS) is 17.4. The van der Waals surface area contributed by atoms with Crippen LogP contribution in [0.5, 0.6) is 0 Å². The molecule has 15 heavy (non-hydrogen) atoms. The maximum absolute atomic E-state index is 4.95. The van der Waals surface area contributed by atoms with Crippen molar-refractivity contribution >= 4 is 0 Å². The van der Waals surface area contributed by atoms with Crippen molar-refractivity contribution in [1.82, 2.24) is 10.6 Å². The molecule has 0 aromatic heterocycles. The van der Waals surface area contributed by atoms with Crippen LogP contribution in [0.25, 0.3) is 0 Å². The van der Waals surface area contributed by atoms with Gasteiger partial charge in [0.25, 0.3) is 0 Å². The van der Waals surface area contributed by atoms with Crippen LogP contribution in [-0.4, -0.2) is 39.9 Å². The summed E-state index contributed by atoms with van der Waals surface area (Å²) in [5.41, 5.74) is 0. The van der Waals surface area contributed by atoms with Gasteiger partial charge in [-0.15, -0.1) is 0 Å². The minimum absolute atomic E-state index is 0.808. The van der Waals surface area contributed by atoms with Crippen LogP contribution >= 0.6 is 0 Å². The summed E-state index contributed by atoms with van der Waals surface area (Å²) >= 11 is 0. The molecule has 0 aromatic carbocycles. The highest BCUT2D eigenvalue weighted by Gasteiger charge is 2.13. The van der Waals surface area contributed by atoms with Crippen LogP contribution in [0.15, 0.2) is 0 Å². The van der Waals surface area contributed by atoms with E-state index in [2.05, 4.69) is 10.6 Å². The third-order valence-corrected chi connectivity index (χ3v) is 3.17. The first-order valence-corrected chi connectivity index (χ1v) is 6.34. The molecule has 0 unspecified atom stereocenters. The summed E-state index contributed by atoms with van der Waals surface area (Å²) < 4.78 is 4.95. The van der Waals surface area contributed by atoms with E-state index in [0.717, 1.165) is 32.2 Å². The van der Waals surface area contributed by atoms with Crippen LogP contribution in [0.2, 0.25) is 0 Å². The Morgan fingerprint density at radius 2 is 1.67 bits per heavy atom. The van der Waals surface area contributed by atoms with Gasteiger partial charge in [0, 0.05) is 26.7 Å². The van der Waals surface area contributed by atoms with Gasteiger partial charge in [-0.2, -0.15) is 0 Å². The van der Waals surface area contributed by atoms with Gasteiger partial charge in [-0.25, -0.2) is 0 Å². The lowest BCUT2D eigenvalue weighted by Gasteiger charge is -2.10. The zero-order valence-electron chi connectivity index (χ0n) is 10.1. The van der Waals surface area contributed by atoms with Crippen LogP contribution in [0.1, 0.15) is 32.1 Å². The molecule has 0 bridgehead atoms. The Bertz CT molecular complexity index is 136. The number of methoxy groups -OCH3 is 1. The fourth-order valence-corrected chi connectivity index (χ4v) is 2.21. The van der Waals surface area contributed by atoms with Gasteiger partial charge < -0.3 is 15.4 Å². The van der Waals surface area contributed by atoms with E-state index in [4.69, 9.17) is 4.74 Å². The second-order valence-electron chi connectivity index (χ2n) is 4.43. The first kappa shape index (κ1) is 12.9. The van der Waals surface area contributed by atoms with Gasteiger partial charge in [-0.05, 0) is 18.9 Å². The fourth-order valence-electron chi connectivity index (χ4n) is 2.21. The number of hydrogen-bond acceptors (Lipinski definition) is 3. The van der Waals surface area contributed by atoms with Crippen LogP contribution < -0.4 is 10.6 Å². The fraction of sp³-hybridized carbons (Fsp3) is 1.00. The van der Waals surface area contributed by atoms with E-state index in [0.29, 0.717) is 0 Å². The molecule has 0 radical (unpaired) electrons. The molecule has 90 valence electrons. The molecule has 1 aliphatic carbocycles. The molecule has 0 aromatic rings. The summed E-state index contributed by atoms with van der Waals surface area (Å²) in [4.78, 5) is 0. The Hall–Kier alpha value is -0.120. The molecular formula is C12H26N2O. The van der Waals surface area contributed by atoms with E-state index in [-0.39, 0.29) is 0 Å². The Morgan fingerprint density at radius 3 is 2.33 bits per heavy atom. The molecule has 3 heteroatoms. The predicted octanol–water partition coefficient (Wildman–Crippen LogP) is 1.39. The molecule has 0 saturated heterocycles.